The smallest absolute Gasteiger partial charge is 0.243 e. The second-order valence-electron chi connectivity index (χ2n) is 6.34. The Morgan fingerprint density at radius 1 is 1.48 bits per heavy atom. The van der Waals surface area contributed by atoms with Crippen LogP contribution in [0.1, 0.15) is 45.6 Å². The van der Waals surface area contributed by atoms with Gasteiger partial charge in [-0.1, -0.05) is 13.0 Å². The largest absolute Gasteiger partial charge is 0.352 e. The molecule has 0 aromatic carbocycles. The Balaban J connectivity index is 1.75. The molecule has 0 spiro atoms. The molecule has 2 heterocycles. The van der Waals surface area contributed by atoms with Crippen LogP contribution in [0, 0.1) is 10.7 Å². The van der Waals surface area contributed by atoms with E-state index in [9.17, 15) is 4.79 Å². The van der Waals surface area contributed by atoms with Gasteiger partial charge in [0.15, 0.2) is 10.6 Å². The number of thiophene rings is 1. The molecule has 1 fully saturated rings. The summed E-state index contributed by atoms with van der Waals surface area (Å²) in [5, 5.41) is 12.3. The highest BCUT2D eigenvalue weighted by Gasteiger charge is 2.25. The van der Waals surface area contributed by atoms with Crippen LogP contribution in [0.2, 0.25) is 0 Å². The van der Waals surface area contributed by atoms with Gasteiger partial charge in [-0.25, -0.2) is 0 Å². The molecule has 3 rings (SSSR count). The lowest BCUT2D eigenvalue weighted by Crippen LogP contribution is -2.40. The molecule has 5 nitrogen and oxygen atoms in total. The van der Waals surface area contributed by atoms with E-state index in [2.05, 4.69) is 22.4 Å². The molecule has 0 unspecified atom stereocenters. The third-order valence-electron chi connectivity index (χ3n) is 4.57. The molecule has 1 saturated carbocycles. The number of carbonyl (C=O) groups is 1. The van der Waals surface area contributed by atoms with Crippen LogP contribution in [0.25, 0.3) is 10.7 Å². The van der Waals surface area contributed by atoms with Crippen LogP contribution in [-0.2, 0) is 4.79 Å². The van der Waals surface area contributed by atoms with Crippen LogP contribution in [0.3, 0.4) is 0 Å². The lowest BCUT2D eigenvalue weighted by molar-refractivity contribution is -0.124. The van der Waals surface area contributed by atoms with E-state index < -0.39 is 0 Å². The van der Waals surface area contributed by atoms with E-state index in [1.807, 2.05) is 29.0 Å². The lowest BCUT2D eigenvalue weighted by Gasteiger charge is -2.28. The molecule has 1 amide bonds. The molecule has 1 atom stereocenters. The summed E-state index contributed by atoms with van der Waals surface area (Å²) in [6.45, 7) is 4.15. The quantitative estimate of drug-likeness (QED) is 0.822. The van der Waals surface area contributed by atoms with Gasteiger partial charge in [-0.05, 0) is 62.2 Å². The Hall–Kier alpha value is -1.47. The number of aromatic amines is 1. The summed E-state index contributed by atoms with van der Waals surface area (Å²) < 4.78 is 2.29. The first kappa shape index (κ1) is 16.4. The predicted octanol–water partition coefficient (Wildman–Crippen LogP) is 3.93. The van der Waals surface area contributed by atoms with E-state index in [0.717, 1.165) is 29.5 Å². The topological polar surface area (TPSA) is 62.7 Å². The standard InChI is InChI=1S/C16H22N4OS2/c1-10-5-7-12(8-6-10)17-15(21)11(2)20-14(18-19-16(20)22)13-4-3-9-23-13/h3-4,9-12H,5-8H2,1-2H3,(H,17,21)(H,19,22)/t10?,11-,12?/m0/s1. The van der Waals surface area contributed by atoms with Gasteiger partial charge in [-0.3, -0.25) is 14.5 Å². The second kappa shape index (κ2) is 6.97. The number of hydrogen-bond donors (Lipinski definition) is 2. The van der Waals surface area contributed by atoms with Crippen molar-refractivity contribution in [1.29, 1.82) is 0 Å². The van der Waals surface area contributed by atoms with E-state index in [1.165, 1.54) is 12.8 Å². The number of nitrogens with one attached hydrogen (secondary N) is 2. The minimum absolute atomic E-state index is 0.0138. The van der Waals surface area contributed by atoms with Gasteiger partial charge >= 0.3 is 0 Å². The molecule has 1 aliphatic carbocycles. The first-order valence-corrected chi connectivity index (χ1v) is 9.36. The van der Waals surface area contributed by atoms with Gasteiger partial charge in [-0.2, -0.15) is 5.10 Å². The summed E-state index contributed by atoms with van der Waals surface area (Å²) in [6, 6.07) is 3.86. The van der Waals surface area contributed by atoms with E-state index in [4.69, 9.17) is 12.2 Å². The minimum atomic E-state index is -0.377. The van der Waals surface area contributed by atoms with Gasteiger partial charge in [0.2, 0.25) is 5.91 Å². The highest BCUT2D eigenvalue weighted by atomic mass is 32.1. The van der Waals surface area contributed by atoms with E-state index in [0.29, 0.717) is 4.77 Å². The van der Waals surface area contributed by atoms with Crippen LogP contribution >= 0.6 is 23.6 Å². The summed E-state index contributed by atoms with van der Waals surface area (Å²) >= 11 is 6.92. The summed E-state index contributed by atoms with van der Waals surface area (Å²) in [5.41, 5.74) is 0. The number of amides is 1. The van der Waals surface area contributed by atoms with Gasteiger partial charge in [0, 0.05) is 6.04 Å². The zero-order valence-electron chi connectivity index (χ0n) is 13.4. The van der Waals surface area contributed by atoms with Crippen molar-refractivity contribution in [1.82, 2.24) is 20.1 Å². The normalized spacial score (nSPS) is 22.7. The maximum atomic E-state index is 12.6. The van der Waals surface area contributed by atoms with Crippen molar-refractivity contribution >= 4 is 29.5 Å². The van der Waals surface area contributed by atoms with Crippen molar-refractivity contribution < 1.29 is 4.79 Å². The van der Waals surface area contributed by atoms with Crippen molar-refractivity contribution in [2.75, 3.05) is 0 Å². The highest BCUT2D eigenvalue weighted by molar-refractivity contribution is 7.71. The molecular weight excluding hydrogens is 328 g/mol. The van der Waals surface area contributed by atoms with Crippen molar-refractivity contribution in [2.24, 2.45) is 5.92 Å². The summed E-state index contributed by atoms with van der Waals surface area (Å²) in [6.07, 6.45) is 4.50. The number of hydrogen-bond acceptors (Lipinski definition) is 4. The first-order valence-electron chi connectivity index (χ1n) is 8.07. The molecule has 2 N–H and O–H groups in total. The van der Waals surface area contributed by atoms with Gasteiger partial charge in [0.1, 0.15) is 6.04 Å². The van der Waals surface area contributed by atoms with Crippen molar-refractivity contribution in [3.8, 4) is 10.7 Å². The molecule has 0 saturated heterocycles. The number of aromatic nitrogens is 3. The van der Waals surface area contributed by atoms with Crippen molar-refractivity contribution in [3.05, 3.63) is 22.3 Å². The lowest BCUT2D eigenvalue weighted by atomic mass is 9.87. The SMILES string of the molecule is CC1CCC(NC(=O)[C@H](C)n2c(-c3cccs3)n[nH]c2=S)CC1. The first-order chi connectivity index (χ1) is 11.1. The average Bonchev–Trinajstić information content (AvgIpc) is 3.18. The third-order valence-corrected chi connectivity index (χ3v) is 5.73. The van der Waals surface area contributed by atoms with Crippen molar-refractivity contribution in [3.63, 3.8) is 0 Å². The molecule has 23 heavy (non-hydrogen) atoms. The predicted molar refractivity (Wildman–Crippen MR) is 95.0 cm³/mol. The average molecular weight is 351 g/mol. The fourth-order valence-corrected chi connectivity index (χ4v) is 4.09. The molecule has 0 aliphatic heterocycles. The molecule has 2 aromatic rings. The maximum Gasteiger partial charge on any atom is 0.243 e. The van der Waals surface area contributed by atoms with Crippen molar-refractivity contribution in [2.45, 2.75) is 51.6 Å². The molecule has 7 heteroatoms. The van der Waals surface area contributed by atoms with Gasteiger partial charge < -0.3 is 5.32 Å². The van der Waals surface area contributed by atoms with Gasteiger partial charge in [-0.15, -0.1) is 11.3 Å². The summed E-state index contributed by atoms with van der Waals surface area (Å²) in [5.74, 6) is 1.51. The van der Waals surface area contributed by atoms with E-state index >= 15 is 0 Å². The fourth-order valence-electron chi connectivity index (χ4n) is 3.09. The van der Waals surface area contributed by atoms with E-state index in [-0.39, 0.29) is 18.0 Å². The number of carbonyl (C=O) groups excluding carboxylic acids is 1. The minimum Gasteiger partial charge on any atom is -0.352 e. The Labute approximate surface area is 145 Å². The molecular formula is C16H22N4OS2. The molecule has 2 aromatic heterocycles. The number of H-pyrrole nitrogens is 1. The van der Waals surface area contributed by atoms with Crippen LogP contribution < -0.4 is 5.32 Å². The second-order valence-corrected chi connectivity index (χ2v) is 7.68. The summed E-state index contributed by atoms with van der Waals surface area (Å²) in [4.78, 5) is 13.7. The van der Waals surface area contributed by atoms with Gasteiger partial charge in [0.05, 0.1) is 4.88 Å². The van der Waals surface area contributed by atoms with Crippen LogP contribution in [-0.4, -0.2) is 26.7 Å². The molecule has 1 aliphatic rings. The zero-order valence-corrected chi connectivity index (χ0v) is 15.0. The summed E-state index contributed by atoms with van der Waals surface area (Å²) in [7, 11) is 0. The van der Waals surface area contributed by atoms with E-state index in [1.54, 1.807) is 11.3 Å². The number of rotatable bonds is 4. The number of nitrogens with zero attached hydrogens (tertiary/aromatic N) is 2. The van der Waals surface area contributed by atoms with Crippen LogP contribution in [0.5, 0.6) is 0 Å². The Kier molecular flexibility index (Phi) is 4.96. The Morgan fingerprint density at radius 2 is 2.22 bits per heavy atom. The molecule has 0 radical (unpaired) electrons. The fraction of sp³-hybridized carbons (Fsp3) is 0.562. The molecule has 0 bridgehead atoms. The Bertz CT molecular complexity index is 711. The maximum absolute atomic E-state index is 12.6. The third kappa shape index (κ3) is 3.55. The highest BCUT2D eigenvalue weighted by Crippen LogP contribution is 2.27. The van der Waals surface area contributed by atoms with Crippen LogP contribution in [0.4, 0.5) is 0 Å². The Morgan fingerprint density at radius 3 is 2.87 bits per heavy atom. The monoisotopic (exact) mass is 350 g/mol. The molecule has 124 valence electrons. The van der Waals surface area contributed by atoms with Crippen LogP contribution in [0.15, 0.2) is 17.5 Å². The van der Waals surface area contributed by atoms with Gasteiger partial charge in [0.25, 0.3) is 0 Å². The zero-order chi connectivity index (χ0) is 16.4.